The molecule has 7 nitrogen and oxygen atoms in total. The fourth-order valence-electron chi connectivity index (χ4n) is 4.29. The van der Waals surface area contributed by atoms with Gasteiger partial charge in [-0.1, -0.05) is 30.3 Å². The summed E-state index contributed by atoms with van der Waals surface area (Å²) < 4.78 is 21.0. The molecule has 0 saturated carbocycles. The predicted molar refractivity (Wildman–Crippen MR) is 121 cm³/mol. The quantitative estimate of drug-likeness (QED) is 0.443. The molecule has 3 heterocycles. The minimum absolute atomic E-state index is 0.299. The Labute approximate surface area is 190 Å². The third-order valence-electron chi connectivity index (χ3n) is 6.04. The summed E-state index contributed by atoms with van der Waals surface area (Å²) in [5.74, 6) is 0.0166. The van der Waals surface area contributed by atoms with Gasteiger partial charge in [-0.2, -0.15) is 5.10 Å². The van der Waals surface area contributed by atoms with E-state index in [0.29, 0.717) is 29.3 Å². The summed E-state index contributed by atoms with van der Waals surface area (Å²) in [6.07, 6.45) is -0.793. The molecule has 0 radical (unpaired) electrons. The molecule has 2 aromatic carbocycles. The van der Waals surface area contributed by atoms with Gasteiger partial charge in [-0.25, -0.2) is 13.9 Å². The van der Waals surface area contributed by atoms with Gasteiger partial charge in [0.2, 0.25) is 0 Å². The summed E-state index contributed by atoms with van der Waals surface area (Å²) in [5, 5.41) is 29.0. The van der Waals surface area contributed by atoms with Crippen LogP contribution in [0, 0.1) is 5.82 Å². The molecule has 0 saturated heterocycles. The van der Waals surface area contributed by atoms with Crippen molar-refractivity contribution in [2.24, 2.45) is 0 Å². The summed E-state index contributed by atoms with van der Waals surface area (Å²) >= 11 is 0. The van der Waals surface area contributed by atoms with Crippen LogP contribution in [0.4, 0.5) is 4.39 Å². The average molecular weight is 448 g/mol. The van der Waals surface area contributed by atoms with E-state index >= 15 is 0 Å². The van der Waals surface area contributed by atoms with Gasteiger partial charge in [0.1, 0.15) is 17.7 Å². The number of benzene rings is 2. The van der Waals surface area contributed by atoms with Crippen molar-refractivity contribution in [1.82, 2.24) is 19.9 Å². The molecule has 170 valence electrons. The van der Waals surface area contributed by atoms with Gasteiger partial charge >= 0.3 is 0 Å². The fourth-order valence-corrected chi connectivity index (χ4v) is 4.29. The van der Waals surface area contributed by atoms with Gasteiger partial charge in [-0.3, -0.25) is 0 Å². The van der Waals surface area contributed by atoms with Gasteiger partial charge in [0.05, 0.1) is 35.8 Å². The van der Waals surface area contributed by atoms with Crippen molar-refractivity contribution in [3.63, 3.8) is 0 Å². The van der Waals surface area contributed by atoms with Crippen LogP contribution < -0.4 is 10.1 Å². The Hall–Kier alpha value is -3.33. The SMILES string of the molecule is COc1cc(F)ccc1C1NCC(O)c2nc3ccc(-c4ccc(C(C)(C)O)cc4)nn3c21. The molecule has 0 amide bonds. The Kier molecular flexibility index (Phi) is 5.16. The maximum absolute atomic E-state index is 13.8. The third kappa shape index (κ3) is 3.76. The molecule has 0 spiro atoms. The number of β-amino-alcohol motifs (C(OH)–C–C–N with tert-alkyl or cyclic N) is 1. The minimum atomic E-state index is -0.928. The van der Waals surface area contributed by atoms with Gasteiger partial charge in [0, 0.05) is 23.7 Å². The maximum Gasteiger partial charge on any atom is 0.154 e. The van der Waals surface area contributed by atoms with E-state index in [4.69, 9.17) is 9.84 Å². The number of aromatic nitrogens is 3. The second-order valence-electron chi connectivity index (χ2n) is 8.75. The molecule has 0 bridgehead atoms. The Balaban J connectivity index is 1.64. The van der Waals surface area contributed by atoms with Crippen molar-refractivity contribution in [1.29, 1.82) is 0 Å². The highest BCUT2D eigenvalue weighted by Crippen LogP contribution is 2.37. The van der Waals surface area contributed by atoms with Crippen molar-refractivity contribution < 1.29 is 19.3 Å². The number of rotatable bonds is 4. The van der Waals surface area contributed by atoms with E-state index < -0.39 is 17.7 Å². The number of ether oxygens (including phenoxy) is 1. The smallest absolute Gasteiger partial charge is 0.154 e. The van der Waals surface area contributed by atoms with Gasteiger partial charge in [0.15, 0.2) is 5.65 Å². The van der Waals surface area contributed by atoms with Gasteiger partial charge in [0.25, 0.3) is 0 Å². The first kappa shape index (κ1) is 21.5. The summed E-state index contributed by atoms with van der Waals surface area (Å²) in [6, 6.07) is 15.3. The fraction of sp³-hybridized carbons (Fsp3) is 0.280. The lowest BCUT2D eigenvalue weighted by Gasteiger charge is -2.28. The number of hydrogen-bond acceptors (Lipinski definition) is 6. The first-order valence-electron chi connectivity index (χ1n) is 10.7. The van der Waals surface area contributed by atoms with Gasteiger partial charge in [-0.15, -0.1) is 0 Å². The molecule has 3 N–H and O–H groups in total. The third-order valence-corrected chi connectivity index (χ3v) is 6.04. The van der Waals surface area contributed by atoms with E-state index in [9.17, 15) is 14.6 Å². The Morgan fingerprint density at radius 1 is 1.12 bits per heavy atom. The van der Waals surface area contributed by atoms with Crippen molar-refractivity contribution in [2.75, 3.05) is 13.7 Å². The molecule has 2 unspecified atom stereocenters. The van der Waals surface area contributed by atoms with Crippen molar-refractivity contribution in [3.05, 3.63) is 82.9 Å². The van der Waals surface area contributed by atoms with Crippen LogP contribution in [0.2, 0.25) is 0 Å². The molecule has 0 fully saturated rings. The lowest BCUT2D eigenvalue weighted by Crippen LogP contribution is -2.34. The average Bonchev–Trinajstić information content (AvgIpc) is 3.19. The molecule has 4 aromatic rings. The molecule has 2 atom stereocenters. The molecule has 33 heavy (non-hydrogen) atoms. The Morgan fingerprint density at radius 2 is 1.88 bits per heavy atom. The molecule has 1 aliphatic rings. The van der Waals surface area contributed by atoms with Crippen LogP contribution in [-0.4, -0.2) is 38.5 Å². The minimum Gasteiger partial charge on any atom is -0.496 e. The van der Waals surface area contributed by atoms with E-state index in [-0.39, 0.29) is 5.82 Å². The zero-order valence-electron chi connectivity index (χ0n) is 18.6. The number of fused-ring (bicyclic) bond motifs is 3. The molecule has 0 aliphatic carbocycles. The number of aliphatic hydroxyl groups is 2. The van der Waals surface area contributed by atoms with E-state index in [1.54, 1.807) is 24.4 Å². The Bertz CT molecular complexity index is 1330. The number of halogens is 1. The first-order valence-corrected chi connectivity index (χ1v) is 10.7. The van der Waals surface area contributed by atoms with Crippen LogP contribution in [0.25, 0.3) is 16.9 Å². The number of methoxy groups -OCH3 is 1. The summed E-state index contributed by atoms with van der Waals surface area (Å²) in [6.45, 7) is 3.78. The number of imidazole rings is 1. The second-order valence-corrected chi connectivity index (χ2v) is 8.75. The number of aliphatic hydroxyl groups excluding tert-OH is 1. The first-order chi connectivity index (χ1) is 15.8. The highest BCUT2D eigenvalue weighted by molar-refractivity contribution is 5.62. The van der Waals surface area contributed by atoms with E-state index in [1.165, 1.54) is 19.2 Å². The normalized spacial score (nSPS) is 18.4. The van der Waals surface area contributed by atoms with E-state index in [0.717, 1.165) is 22.4 Å². The molecule has 5 rings (SSSR count). The highest BCUT2D eigenvalue weighted by atomic mass is 19.1. The molecule has 2 aromatic heterocycles. The lowest BCUT2D eigenvalue weighted by atomic mass is 9.96. The summed E-state index contributed by atoms with van der Waals surface area (Å²) in [4.78, 5) is 4.63. The Morgan fingerprint density at radius 3 is 2.58 bits per heavy atom. The van der Waals surface area contributed by atoms with Crippen LogP contribution in [0.3, 0.4) is 0 Å². The number of hydrogen-bond donors (Lipinski definition) is 3. The molecular weight excluding hydrogens is 423 g/mol. The van der Waals surface area contributed by atoms with Crippen molar-refractivity contribution >= 4 is 5.65 Å². The zero-order chi connectivity index (χ0) is 23.3. The highest BCUT2D eigenvalue weighted by Gasteiger charge is 2.34. The van der Waals surface area contributed by atoms with Crippen LogP contribution in [0.1, 0.15) is 48.5 Å². The van der Waals surface area contributed by atoms with Crippen LogP contribution in [0.15, 0.2) is 54.6 Å². The van der Waals surface area contributed by atoms with Gasteiger partial charge in [-0.05, 0) is 37.6 Å². The number of nitrogens with one attached hydrogen (secondary N) is 1. The molecular formula is C25H25FN4O3. The van der Waals surface area contributed by atoms with Crippen LogP contribution in [-0.2, 0) is 5.60 Å². The maximum atomic E-state index is 13.8. The van der Waals surface area contributed by atoms with Crippen LogP contribution in [0.5, 0.6) is 5.75 Å². The van der Waals surface area contributed by atoms with Crippen molar-refractivity contribution in [2.45, 2.75) is 31.6 Å². The summed E-state index contributed by atoms with van der Waals surface area (Å²) in [7, 11) is 1.50. The van der Waals surface area contributed by atoms with Gasteiger partial charge < -0.3 is 20.3 Å². The van der Waals surface area contributed by atoms with Crippen LogP contribution >= 0.6 is 0 Å². The zero-order valence-corrected chi connectivity index (χ0v) is 18.6. The lowest BCUT2D eigenvalue weighted by molar-refractivity contribution is 0.0786. The second kappa shape index (κ2) is 7.91. The monoisotopic (exact) mass is 448 g/mol. The summed E-state index contributed by atoms with van der Waals surface area (Å²) in [5.41, 5.74) is 4.03. The van der Waals surface area contributed by atoms with E-state index in [1.807, 2.05) is 36.4 Å². The topological polar surface area (TPSA) is 91.9 Å². The standard InChI is InChI=1S/C25H25FN4O3/c1-25(2,32)15-6-4-14(5-7-15)18-10-11-21-28-23-19(31)13-27-22(24(23)30(21)29-18)17-9-8-16(26)12-20(17)33-3/h4-12,19,22,27,31-32H,13H2,1-3H3. The largest absolute Gasteiger partial charge is 0.496 e. The van der Waals surface area contributed by atoms with Crippen molar-refractivity contribution in [3.8, 4) is 17.0 Å². The molecule has 8 heteroatoms. The number of nitrogens with zero attached hydrogens (tertiary/aromatic N) is 3. The molecule has 1 aliphatic heterocycles. The predicted octanol–water partition coefficient (Wildman–Crippen LogP) is 3.50. The van der Waals surface area contributed by atoms with E-state index in [2.05, 4.69) is 10.3 Å².